The number of hydrogen-bond acceptors (Lipinski definition) is 1. The van der Waals surface area contributed by atoms with E-state index in [9.17, 15) is 5.11 Å². The van der Waals surface area contributed by atoms with Crippen LogP contribution in [0.25, 0.3) is 0 Å². The molecule has 1 rings (SSSR count). The Bertz CT molecular complexity index is 223. The van der Waals surface area contributed by atoms with Crippen molar-refractivity contribution in [1.29, 1.82) is 0 Å². The van der Waals surface area contributed by atoms with E-state index in [1.54, 1.807) is 12.1 Å². The van der Waals surface area contributed by atoms with Crippen molar-refractivity contribution >= 4 is 0 Å². The van der Waals surface area contributed by atoms with Crippen LogP contribution in [0.2, 0.25) is 0 Å². The molecule has 0 spiro atoms. The predicted octanol–water partition coefficient (Wildman–Crippen LogP) is -0.893. The van der Waals surface area contributed by atoms with Crippen molar-refractivity contribution in [2.45, 2.75) is 26.2 Å². The number of rotatable bonds is 3. The van der Waals surface area contributed by atoms with Crippen LogP contribution in [-0.4, -0.2) is 0 Å². The molecule has 0 fully saturated rings. The van der Waals surface area contributed by atoms with E-state index >= 15 is 0 Å². The third kappa shape index (κ3) is 4.05. The van der Waals surface area contributed by atoms with Crippen molar-refractivity contribution in [2.24, 2.45) is 0 Å². The molecule has 0 bridgehead atoms. The van der Waals surface area contributed by atoms with Crippen LogP contribution in [-0.2, 0) is 6.42 Å². The summed E-state index contributed by atoms with van der Waals surface area (Å²) < 4.78 is 0. The van der Waals surface area contributed by atoms with Crippen molar-refractivity contribution in [3.8, 4) is 5.75 Å². The first-order valence-corrected chi connectivity index (χ1v) is 4.09. The normalized spacial score (nSPS) is 9.08. The first kappa shape index (κ1) is 12.7. The number of aryl methyl sites for hydroxylation is 1. The topological polar surface area (TPSA) is 23.1 Å². The van der Waals surface area contributed by atoms with Gasteiger partial charge >= 0.3 is 51.4 Å². The average Bonchev–Trinajstić information content (AvgIpc) is 2.03. The number of para-hydroxylation sites is 1. The number of benzene rings is 1. The fourth-order valence-corrected chi connectivity index (χ4v) is 1.08. The number of unbranched alkanes of at least 4 members (excludes halogenated alkanes) is 1. The number of hydrogen-bond donors (Lipinski definition) is 0. The SMILES string of the molecule is CCCCc1ccccc1[O-].[K+]. The Morgan fingerprint density at radius 1 is 1.25 bits per heavy atom. The average molecular weight is 188 g/mol. The Morgan fingerprint density at radius 2 is 1.92 bits per heavy atom. The van der Waals surface area contributed by atoms with Crippen molar-refractivity contribution in [2.75, 3.05) is 0 Å². The summed E-state index contributed by atoms with van der Waals surface area (Å²) in [4.78, 5) is 0. The van der Waals surface area contributed by atoms with Crippen LogP contribution in [0.4, 0.5) is 0 Å². The smallest absolute Gasteiger partial charge is 0.872 e. The molecule has 60 valence electrons. The van der Waals surface area contributed by atoms with Gasteiger partial charge in [0.1, 0.15) is 0 Å². The van der Waals surface area contributed by atoms with Crippen molar-refractivity contribution in [3.05, 3.63) is 29.8 Å². The fraction of sp³-hybridized carbons (Fsp3) is 0.400. The molecule has 1 nitrogen and oxygen atoms in total. The van der Waals surface area contributed by atoms with Crippen LogP contribution < -0.4 is 56.5 Å². The zero-order valence-electron chi connectivity index (χ0n) is 7.84. The zero-order valence-corrected chi connectivity index (χ0v) is 11.0. The molecular weight excluding hydrogens is 175 g/mol. The van der Waals surface area contributed by atoms with Gasteiger partial charge in [0.25, 0.3) is 0 Å². The third-order valence-corrected chi connectivity index (χ3v) is 1.77. The molecule has 1 aromatic carbocycles. The van der Waals surface area contributed by atoms with Gasteiger partial charge in [0.05, 0.1) is 0 Å². The largest absolute Gasteiger partial charge is 1.00 e. The molecular formula is C10H13KO. The van der Waals surface area contributed by atoms with Crippen LogP contribution in [0.3, 0.4) is 0 Å². The van der Waals surface area contributed by atoms with Crippen LogP contribution in [0.5, 0.6) is 5.75 Å². The molecule has 0 amide bonds. The molecule has 0 atom stereocenters. The molecule has 12 heavy (non-hydrogen) atoms. The van der Waals surface area contributed by atoms with Crippen molar-refractivity contribution in [3.63, 3.8) is 0 Å². The standard InChI is InChI=1S/C10H14O.K/c1-2-3-6-9-7-4-5-8-10(9)11;/h4-5,7-8,11H,2-3,6H2,1H3;/q;+1/p-1. The quantitative estimate of drug-likeness (QED) is 0.564. The van der Waals surface area contributed by atoms with Gasteiger partial charge in [0, 0.05) is 0 Å². The Hall–Kier alpha value is 0.656. The molecule has 0 N–H and O–H groups in total. The van der Waals surface area contributed by atoms with E-state index in [4.69, 9.17) is 0 Å². The van der Waals surface area contributed by atoms with Gasteiger partial charge in [-0.25, -0.2) is 0 Å². The van der Waals surface area contributed by atoms with Crippen molar-refractivity contribution < 1.29 is 56.5 Å². The van der Waals surface area contributed by atoms with E-state index in [-0.39, 0.29) is 57.1 Å². The molecule has 0 saturated carbocycles. The van der Waals surface area contributed by atoms with E-state index in [1.807, 2.05) is 12.1 Å². The van der Waals surface area contributed by atoms with E-state index < -0.39 is 0 Å². The Balaban J connectivity index is 0.00000121. The molecule has 0 aliphatic heterocycles. The Morgan fingerprint density at radius 3 is 2.50 bits per heavy atom. The molecule has 0 aliphatic rings. The summed E-state index contributed by atoms with van der Waals surface area (Å²) >= 11 is 0. The molecule has 1 aromatic rings. The summed E-state index contributed by atoms with van der Waals surface area (Å²) in [7, 11) is 0. The second-order valence-electron chi connectivity index (χ2n) is 2.71. The van der Waals surface area contributed by atoms with Gasteiger partial charge in [-0.2, -0.15) is 0 Å². The van der Waals surface area contributed by atoms with E-state index in [0.29, 0.717) is 0 Å². The first-order valence-electron chi connectivity index (χ1n) is 4.09. The van der Waals surface area contributed by atoms with Crippen LogP contribution in [0.15, 0.2) is 24.3 Å². The Kier molecular flexibility index (Phi) is 7.49. The Labute approximate surface area is 117 Å². The summed E-state index contributed by atoms with van der Waals surface area (Å²) in [5.74, 6) is 0.181. The van der Waals surface area contributed by atoms with Crippen LogP contribution in [0, 0.1) is 0 Å². The maximum atomic E-state index is 11.1. The second-order valence-corrected chi connectivity index (χ2v) is 2.71. The van der Waals surface area contributed by atoms with Gasteiger partial charge in [0.15, 0.2) is 0 Å². The maximum absolute atomic E-state index is 11.1. The van der Waals surface area contributed by atoms with Gasteiger partial charge in [-0.3, -0.25) is 0 Å². The first-order chi connectivity index (χ1) is 5.34. The molecule has 0 aliphatic carbocycles. The van der Waals surface area contributed by atoms with Gasteiger partial charge in [-0.1, -0.05) is 43.2 Å². The van der Waals surface area contributed by atoms with Crippen LogP contribution >= 0.6 is 0 Å². The summed E-state index contributed by atoms with van der Waals surface area (Å²) in [6, 6.07) is 7.26. The van der Waals surface area contributed by atoms with Crippen molar-refractivity contribution in [1.82, 2.24) is 0 Å². The molecule has 2 heteroatoms. The van der Waals surface area contributed by atoms with E-state index in [1.165, 1.54) is 0 Å². The third-order valence-electron chi connectivity index (χ3n) is 1.77. The summed E-state index contributed by atoms with van der Waals surface area (Å²) in [5.41, 5.74) is 0.953. The summed E-state index contributed by atoms with van der Waals surface area (Å²) in [6.07, 6.45) is 3.18. The second kappa shape index (κ2) is 7.10. The van der Waals surface area contributed by atoms with Gasteiger partial charge in [-0.05, 0) is 12.8 Å². The zero-order chi connectivity index (χ0) is 8.10. The van der Waals surface area contributed by atoms with E-state index in [0.717, 1.165) is 24.8 Å². The summed E-state index contributed by atoms with van der Waals surface area (Å²) in [6.45, 7) is 2.13. The predicted molar refractivity (Wildman–Crippen MR) is 44.5 cm³/mol. The molecule has 0 unspecified atom stereocenters. The maximum Gasteiger partial charge on any atom is 1.00 e. The molecule has 0 heterocycles. The molecule has 0 aromatic heterocycles. The van der Waals surface area contributed by atoms with Gasteiger partial charge < -0.3 is 5.11 Å². The molecule has 0 saturated heterocycles. The monoisotopic (exact) mass is 188 g/mol. The summed E-state index contributed by atoms with van der Waals surface area (Å²) in [5, 5.41) is 11.1. The van der Waals surface area contributed by atoms with Gasteiger partial charge in [0.2, 0.25) is 0 Å². The minimum absolute atomic E-state index is 0. The molecule has 0 radical (unpaired) electrons. The van der Waals surface area contributed by atoms with Crippen LogP contribution in [0.1, 0.15) is 25.3 Å². The minimum atomic E-state index is 0. The van der Waals surface area contributed by atoms with Gasteiger partial charge in [-0.15, -0.1) is 5.75 Å². The minimum Gasteiger partial charge on any atom is -0.872 e. The van der Waals surface area contributed by atoms with E-state index in [2.05, 4.69) is 6.92 Å². The fourth-order valence-electron chi connectivity index (χ4n) is 1.08.